The molecular formula is C9H17NO2. The molecule has 2 atom stereocenters. The van der Waals surface area contributed by atoms with Gasteiger partial charge in [-0.05, 0) is 18.9 Å². The molecule has 0 aromatic heterocycles. The molecule has 1 aliphatic rings. The second kappa shape index (κ2) is 4.58. The lowest BCUT2D eigenvalue weighted by molar-refractivity contribution is -0.123. The van der Waals surface area contributed by atoms with Crippen LogP contribution in [0.25, 0.3) is 0 Å². The van der Waals surface area contributed by atoms with Gasteiger partial charge in [0.25, 0.3) is 0 Å². The number of rotatable bonds is 4. The van der Waals surface area contributed by atoms with E-state index in [0.29, 0.717) is 31.3 Å². The molecule has 2 N–H and O–H groups in total. The van der Waals surface area contributed by atoms with Crippen molar-refractivity contribution >= 4 is 5.78 Å². The molecule has 0 aliphatic carbocycles. The number of ether oxygens (including phenoxy) is 1. The standard InChI is InChI=1S/C9H17NO2/c1-7(5-10)4-9(11)8-2-3-12-6-8/h7-8H,2-6,10H2,1H3. The smallest absolute Gasteiger partial charge is 0.138 e. The van der Waals surface area contributed by atoms with Gasteiger partial charge in [-0.2, -0.15) is 0 Å². The van der Waals surface area contributed by atoms with E-state index in [1.807, 2.05) is 6.92 Å². The maximum atomic E-state index is 11.5. The molecule has 0 spiro atoms. The molecule has 2 unspecified atom stereocenters. The normalized spacial score (nSPS) is 25.7. The average molecular weight is 171 g/mol. The van der Waals surface area contributed by atoms with Gasteiger partial charge in [0.1, 0.15) is 5.78 Å². The Balaban J connectivity index is 2.27. The first-order chi connectivity index (χ1) is 5.74. The van der Waals surface area contributed by atoms with Crippen molar-refractivity contribution in [2.45, 2.75) is 19.8 Å². The molecule has 70 valence electrons. The van der Waals surface area contributed by atoms with Crippen LogP contribution in [0.15, 0.2) is 0 Å². The van der Waals surface area contributed by atoms with Crippen LogP contribution in [0, 0.1) is 11.8 Å². The Bertz CT molecular complexity index is 153. The van der Waals surface area contributed by atoms with E-state index < -0.39 is 0 Å². The summed E-state index contributed by atoms with van der Waals surface area (Å²) in [6, 6.07) is 0. The van der Waals surface area contributed by atoms with Crippen LogP contribution >= 0.6 is 0 Å². The third-order valence-electron chi connectivity index (χ3n) is 2.34. The number of carbonyl (C=O) groups excluding carboxylic acids is 1. The van der Waals surface area contributed by atoms with Gasteiger partial charge < -0.3 is 10.5 Å². The van der Waals surface area contributed by atoms with Crippen molar-refractivity contribution in [2.75, 3.05) is 19.8 Å². The van der Waals surface area contributed by atoms with Crippen molar-refractivity contribution in [1.82, 2.24) is 0 Å². The van der Waals surface area contributed by atoms with Crippen LogP contribution in [0.5, 0.6) is 0 Å². The predicted octanol–water partition coefficient (Wildman–Crippen LogP) is 0.577. The molecule has 1 rings (SSSR count). The van der Waals surface area contributed by atoms with Crippen molar-refractivity contribution < 1.29 is 9.53 Å². The van der Waals surface area contributed by atoms with E-state index >= 15 is 0 Å². The van der Waals surface area contributed by atoms with E-state index in [2.05, 4.69) is 0 Å². The van der Waals surface area contributed by atoms with Crippen LogP contribution in [0.1, 0.15) is 19.8 Å². The minimum absolute atomic E-state index is 0.152. The molecule has 3 heteroatoms. The summed E-state index contributed by atoms with van der Waals surface area (Å²) in [4.78, 5) is 11.5. The molecule has 12 heavy (non-hydrogen) atoms. The minimum atomic E-state index is 0.152. The number of hydrogen-bond donors (Lipinski definition) is 1. The molecule has 0 saturated carbocycles. The summed E-state index contributed by atoms with van der Waals surface area (Å²) in [6.45, 7) is 3.97. The second-order valence-electron chi connectivity index (χ2n) is 3.57. The van der Waals surface area contributed by atoms with Crippen molar-refractivity contribution in [1.29, 1.82) is 0 Å². The third kappa shape index (κ3) is 2.57. The van der Waals surface area contributed by atoms with Gasteiger partial charge in [0, 0.05) is 18.9 Å². The van der Waals surface area contributed by atoms with E-state index in [9.17, 15) is 4.79 Å². The highest BCUT2D eigenvalue weighted by atomic mass is 16.5. The molecule has 1 heterocycles. The molecule has 1 saturated heterocycles. The number of nitrogens with two attached hydrogens (primary N) is 1. The molecule has 1 fully saturated rings. The summed E-state index contributed by atoms with van der Waals surface area (Å²) in [5.74, 6) is 0.794. The first-order valence-corrected chi connectivity index (χ1v) is 4.54. The Morgan fingerprint density at radius 2 is 2.50 bits per heavy atom. The van der Waals surface area contributed by atoms with Crippen LogP contribution < -0.4 is 5.73 Å². The maximum absolute atomic E-state index is 11.5. The summed E-state index contributed by atoms with van der Waals surface area (Å²) in [5.41, 5.74) is 5.44. The van der Waals surface area contributed by atoms with E-state index in [1.165, 1.54) is 0 Å². The van der Waals surface area contributed by atoms with E-state index in [1.54, 1.807) is 0 Å². The molecule has 0 amide bonds. The minimum Gasteiger partial charge on any atom is -0.381 e. The zero-order valence-electron chi connectivity index (χ0n) is 7.58. The van der Waals surface area contributed by atoms with Gasteiger partial charge in [0.15, 0.2) is 0 Å². The zero-order chi connectivity index (χ0) is 8.97. The van der Waals surface area contributed by atoms with E-state index in [-0.39, 0.29) is 5.92 Å². The third-order valence-corrected chi connectivity index (χ3v) is 2.34. The molecule has 0 bridgehead atoms. The number of ketones is 1. The van der Waals surface area contributed by atoms with Crippen molar-refractivity contribution in [3.05, 3.63) is 0 Å². The van der Waals surface area contributed by atoms with Gasteiger partial charge in [-0.25, -0.2) is 0 Å². The SMILES string of the molecule is CC(CN)CC(=O)C1CCOC1. The van der Waals surface area contributed by atoms with Crippen LogP contribution in [0.3, 0.4) is 0 Å². The lowest BCUT2D eigenvalue weighted by Crippen LogP contribution is -2.21. The highest BCUT2D eigenvalue weighted by Gasteiger charge is 2.23. The molecule has 3 nitrogen and oxygen atoms in total. The molecule has 0 aromatic carbocycles. The molecular weight excluding hydrogens is 154 g/mol. The largest absolute Gasteiger partial charge is 0.381 e. The maximum Gasteiger partial charge on any atom is 0.138 e. The topological polar surface area (TPSA) is 52.3 Å². The summed E-state index contributed by atoms with van der Waals surface area (Å²) < 4.78 is 5.14. The monoisotopic (exact) mass is 171 g/mol. The Morgan fingerprint density at radius 3 is 3.00 bits per heavy atom. The van der Waals surface area contributed by atoms with Gasteiger partial charge in [0.2, 0.25) is 0 Å². The zero-order valence-corrected chi connectivity index (χ0v) is 7.58. The fourth-order valence-electron chi connectivity index (χ4n) is 1.38. The Morgan fingerprint density at radius 1 is 1.75 bits per heavy atom. The molecule has 0 aromatic rings. The average Bonchev–Trinajstić information content (AvgIpc) is 2.56. The summed E-state index contributed by atoms with van der Waals surface area (Å²) in [7, 11) is 0. The number of carbonyl (C=O) groups is 1. The second-order valence-corrected chi connectivity index (χ2v) is 3.57. The number of Topliss-reactive ketones (excluding diaryl/α,β-unsaturated/α-hetero) is 1. The van der Waals surface area contributed by atoms with Crippen LogP contribution in [-0.2, 0) is 9.53 Å². The predicted molar refractivity (Wildman–Crippen MR) is 46.8 cm³/mol. The quantitative estimate of drug-likeness (QED) is 0.673. The van der Waals surface area contributed by atoms with Gasteiger partial charge >= 0.3 is 0 Å². The Hall–Kier alpha value is -0.410. The van der Waals surface area contributed by atoms with Crippen LogP contribution in [0.2, 0.25) is 0 Å². The van der Waals surface area contributed by atoms with Crippen molar-refractivity contribution in [3.63, 3.8) is 0 Å². The first-order valence-electron chi connectivity index (χ1n) is 4.54. The van der Waals surface area contributed by atoms with E-state index in [4.69, 9.17) is 10.5 Å². The fraction of sp³-hybridized carbons (Fsp3) is 0.889. The first kappa shape index (κ1) is 9.68. The molecule has 1 aliphatic heterocycles. The van der Waals surface area contributed by atoms with Gasteiger partial charge in [0.05, 0.1) is 6.61 Å². The van der Waals surface area contributed by atoms with Gasteiger partial charge in [-0.3, -0.25) is 4.79 Å². The van der Waals surface area contributed by atoms with Crippen LogP contribution in [0.4, 0.5) is 0 Å². The molecule has 0 radical (unpaired) electrons. The highest BCUT2D eigenvalue weighted by Crippen LogP contribution is 2.17. The van der Waals surface area contributed by atoms with Crippen LogP contribution in [-0.4, -0.2) is 25.5 Å². The van der Waals surface area contributed by atoms with Gasteiger partial charge in [-0.1, -0.05) is 6.92 Å². The lowest BCUT2D eigenvalue weighted by atomic mass is 9.95. The summed E-state index contributed by atoms with van der Waals surface area (Å²) >= 11 is 0. The van der Waals surface area contributed by atoms with Crippen molar-refractivity contribution in [3.8, 4) is 0 Å². The summed E-state index contributed by atoms with van der Waals surface area (Å²) in [5, 5.41) is 0. The Labute approximate surface area is 73.3 Å². The Kier molecular flexibility index (Phi) is 3.69. The van der Waals surface area contributed by atoms with E-state index in [0.717, 1.165) is 13.0 Å². The van der Waals surface area contributed by atoms with Crippen molar-refractivity contribution in [2.24, 2.45) is 17.6 Å². The van der Waals surface area contributed by atoms with Gasteiger partial charge in [-0.15, -0.1) is 0 Å². The lowest BCUT2D eigenvalue weighted by Gasteiger charge is -2.10. The highest BCUT2D eigenvalue weighted by molar-refractivity contribution is 5.81. The number of hydrogen-bond acceptors (Lipinski definition) is 3. The fourth-order valence-corrected chi connectivity index (χ4v) is 1.38. The summed E-state index contributed by atoms with van der Waals surface area (Å²) in [6.07, 6.45) is 1.51.